The van der Waals surface area contributed by atoms with Gasteiger partial charge in [-0.3, -0.25) is 0 Å². The van der Waals surface area contributed by atoms with Crippen molar-refractivity contribution in [1.29, 1.82) is 0 Å². The van der Waals surface area contributed by atoms with E-state index in [9.17, 15) is 35.7 Å². The Morgan fingerprint density at radius 1 is 0.909 bits per heavy atom. The normalized spacial score (nSPS) is 56.9. The molecule has 2 aliphatic heterocycles. The first-order chi connectivity index (χ1) is 10.1. The first-order valence-corrected chi connectivity index (χ1v) is 7.65. The van der Waals surface area contributed by atoms with Crippen LogP contribution < -0.4 is 0 Å². The van der Waals surface area contributed by atoms with Crippen LogP contribution in [0.25, 0.3) is 0 Å². The number of halogens is 1. The van der Waals surface area contributed by atoms with Gasteiger partial charge in [0.25, 0.3) is 0 Å². The van der Waals surface area contributed by atoms with E-state index in [-0.39, 0.29) is 0 Å². The highest BCUT2D eigenvalue weighted by Crippen LogP contribution is 2.43. The lowest BCUT2D eigenvalue weighted by atomic mass is 9.86. The lowest BCUT2D eigenvalue weighted by molar-refractivity contribution is -0.307. The molecule has 22 heavy (non-hydrogen) atoms. The fourth-order valence-corrected chi connectivity index (χ4v) is 3.73. The molecule has 0 aromatic carbocycles. The lowest BCUT2D eigenvalue weighted by Crippen LogP contribution is -2.72. The van der Waals surface area contributed by atoms with Gasteiger partial charge in [-0.25, -0.2) is 0 Å². The summed E-state index contributed by atoms with van der Waals surface area (Å²) in [4.78, 5) is 0. The highest BCUT2D eigenvalue weighted by Gasteiger charge is 2.61. The number of aliphatic hydroxyl groups is 7. The Balaban J connectivity index is 2.31. The van der Waals surface area contributed by atoms with Crippen LogP contribution in [0.1, 0.15) is 6.92 Å². The van der Waals surface area contributed by atoms with E-state index in [1.54, 1.807) is 0 Å². The van der Waals surface area contributed by atoms with Gasteiger partial charge in [0.05, 0.1) is 12.7 Å². The molecule has 0 spiro atoms. The second-order valence-corrected chi connectivity index (χ2v) is 6.94. The first-order valence-electron chi connectivity index (χ1n) is 6.86. The third kappa shape index (κ3) is 2.81. The van der Waals surface area contributed by atoms with Crippen LogP contribution in [0.2, 0.25) is 0 Å². The van der Waals surface area contributed by atoms with Crippen LogP contribution in [0, 0.1) is 0 Å². The van der Waals surface area contributed by atoms with Gasteiger partial charge in [0, 0.05) is 0 Å². The van der Waals surface area contributed by atoms with E-state index < -0.39 is 66.1 Å². The van der Waals surface area contributed by atoms with Crippen LogP contribution in [-0.2, 0) is 9.47 Å². The summed E-state index contributed by atoms with van der Waals surface area (Å²) in [7, 11) is 0. The van der Waals surface area contributed by atoms with Gasteiger partial charge in [-0.15, -0.1) is 0 Å². The van der Waals surface area contributed by atoms with Gasteiger partial charge < -0.3 is 45.2 Å². The van der Waals surface area contributed by atoms with Gasteiger partial charge in [-0.2, -0.15) is 0 Å². The summed E-state index contributed by atoms with van der Waals surface area (Å²) in [6.07, 6.45) is -13.0. The summed E-state index contributed by atoms with van der Waals surface area (Å²) in [6.45, 7) is 0.807. The molecule has 9 nitrogen and oxygen atoms in total. The van der Waals surface area contributed by atoms with Gasteiger partial charge in [0.2, 0.25) is 0 Å². The van der Waals surface area contributed by atoms with E-state index >= 15 is 0 Å². The van der Waals surface area contributed by atoms with Crippen molar-refractivity contribution < 1.29 is 45.2 Å². The van der Waals surface area contributed by atoms with Crippen molar-refractivity contribution in [1.82, 2.24) is 0 Å². The van der Waals surface area contributed by atoms with Crippen LogP contribution in [-0.4, -0.2) is 102 Å². The van der Waals surface area contributed by atoms with Crippen LogP contribution in [0.4, 0.5) is 0 Å². The second-order valence-electron chi connectivity index (χ2n) is 5.70. The third-order valence-corrected chi connectivity index (χ3v) is 5.31. The summed E-state index contributed by atoms with van der Waals surface area (Å²) in [5.41, 5.74) is 0. The Morgan fingerprint density at radius 3 is 2.05 bits per heavy atom. The highest BCUT2D eigenvalue weighted by atomic mass is 79.9. The lowest BCUT2D eigenvalue weighted by Gasteiger charge is -2.52. The Labute approximate surface area is 134 Å². The Kier molecular flexibility index (Phi) is 5.50. The molecule has 130 valence electrons. The molecule has 10 heteroatoms. The minimum absolute atomic E-state index is 0.638. The quantitative estimate of drug-likeness (QED) is 0.237. The monoisotopic (exact) mass is 388 g/mol. The zero-order valence-corrected chi connectivity index (χ0v) is 13.3. The van der Waals surface area contributed by atoms with Crippen molar-refractivity contribution in [2.75, 3.05) is 6.61 Å². The molecule has 2 aliphatic rings. The second kappa shape index (κ2) is 6.55. The average molecular weight is 389 g/mol. The van der Waals surface area contributed by atoms with E-state index in [2.05, 4.69) is 15.9 Å². The van der Waals surface area contributed by atoms with Crippen LogP contribution in [0.5, 0.6) is 0 Å². The first kappa shape index (κ1) is 18.5. The molecule has 0 aromatic rings. The van der Waals surface area contributed by atoms with Crippen molar-refractivity contribution in [2.45, 2.75) is 66.4 Å². The topological polar surface area (TPSA) is 160 Å². The molecule has 10 atom stereocenters. The summed E-state index contributed by atoms with van der Waals surface area (Å²) < 4.78 is 8.94. The molecular weight excluding hydrogens is 368 g/mol. The van der Waals surface area contributed by atoms with Gasteiger partial charge in [0.15, 0.2) is 4.51 Å². The Morgan fingerprint density at radius 2 is 1.50 bits per heavy atom. The number of hydrogen-bond donors (Lipinski definition) is 7. The SMILES string of the molecule is C[C@@H]1OC(Br)(C2O[C@H](CO)[C@@H](O)[C@H](O)[C@@H]2O)[C@H](O)[C@H](O)[C@H]1O. The smallest absolute Gasteiger partial charge is 0.180 e. The zero-order chi connectivity index (χ0) is 16.8. The molecule has 2 rings (SSSR count). The molecule has 7 N–H and O–H groups in total. The maximum absolute atomic E-state index is 10.2. The fraction of sp³-hybridized carbons (Fsp3) is 1.00. The molecule has 0 aromatic heterocycles. The third-order valence-electron chi connectivity index (χ3n) is 4.20. The number of ether oxygens (including phenoxy) is 2. The summed E-state index contributed by atoms with van der Waals surface area (Å²) in [5, 5.41) is 68.7. The van der Waals surface area contributed by atoms with Crippen molar-refractivity contribution >= 4 is 15.9 Å². The maximum atomic E-state index is 10.2. The van der Waals surface area contributed by atoms with E-state index in [4.69, 9.17) is 9.47 Å². The van der Waals surface area contributed by atoms with Crippen molar-refractivity contribution in [3.63, 3.8) is 0 Å². The summed E-state index contributed by atoms with van der Waals surface area (Å²) in [5.74, 6) is 0. The number of aliphatic hydroxyl groups excluding tert-OH is 7. The van der Waals surface area contributed by atoms with Gasteiger partial charge >= 0.3 is 0 Å². The molecule has 0 radical (unpaired) electrons. The summed E-state index contributed by atoms with van der Waals surface area (Å²) in [6, 6.07) is 0. The van der Waals surface area contributed by atoms with Gasteiger partial charge in [-0.1, -0.05) is 0 Å². The molecule has 0 aliphatic carbocycles. The van der Waals surface area contributed by atoms with E-state index in [0.717, 1.165) is 0 Å². The molecule has 0 bridgehead atoms. The average Bonchev–Trinajstić information content (AvgIpc) is 2.49. The van der Waals surface area contributed by atoms with E-state index in [0.29, 0.717) is 0 Å². The molecule has 2 saturated heterocycles. The Hall–Kier alpha value is 0.120. The van der Waals surface area contributed by atoms with Crippen LogP contribution in [0.3, 0.4) is 0 Å². The fourth-order valence-electron chi connectivity index (χ4n) is 2.78. The van der Waals surface area contributed by atoms with Crippen molar-refractivity contribution in [3.8, 4) is 0 Å². The molecule has 2 unspecified atom stereocenters. The minimum Gasteiger partial charge on any atom is -0.394 e. The van der Waals surface area contributed by atoms with E-state index in [1.807, 2.05) is 0 Å². The maximum Gasteiger partial charge on any atom is 0.180 e. The Bertz CT molecular complexity index is 397. The number of rotatable bonds is 2. The van der Waals surface area contributed by atoms with Crippen molar-refractivity contribution in [2.24, 2.45) is 0 Å². The predicted molar refractivity (Wildman–Crippen MR) is 74.0 cm³/mol. The molecule has 2 heterocycles. The predicted octanol–water partition coefficient (Wildman–Crippen LogP) is -3.58. The zero-order valence-electron chi connectivity index (χ0n) is 11.7. The van der Waals surface area contributed by atoms with E-state index in [1.165, 1.54) is 6.92 Å². The minimum atomic E-state index is -1.85. The highest BCUT2D eigenvalue weighted by molar-refractivity contribution is 9.10. The molecule has 2 fully saturated rings. The number of alkyl halides is 1. The van der Waals surface area contributed by atoms with Gasteiger partial charge in [0.1, 0.15) is 48.8 Å². The molecular formula is C12H21BrO9. The molecule has 0 saturated carbocycles. The standard InChI is InChI=1S/C12H21BrO9/c1-3-5(15)8(18)10(20)12(13,22-3)11-9(19)7(17)6(16)4(2-14)21-11/h3-11,14-20H,2H2,1H3/t3-,4+,5-,6+,7-,8+,9-,10+,11?,12?/m0/s1. The van der Waals surface area contributed by atoms with Crippen molar-refractivity contribution in [3.05, 3.63) is 0 Å². The number of hydrogen-bond acceptors (Lipinski definition) is 9. The van der Waals surface area contributed by atoms with Crippen LogP contribution in [0.15, 0.2) is 0 Å². The van der Waals surface area contributed by atoms with Gasteiger partial charge in [-0.05, 0) is 22.9 Å². The molecule has 0 amide bonds. The van der Waals surface area contributed by atoms with Crippen LogP contribution >= 0.6 is 15.9 Å². The summed E-state index contributed by atoms with van der Waals surface area (Å²) >= 11 is 3.07. The largest absolute Gasteiger partial charge is 0.394 e.